The van der Waals surface area contributed by atoms with Gasteiger partial charge in [0.2, 0.25) is 10.0 Å². The molecule has 7 nitrogen and oxygen atoms in total. The number of carbonyl (C=O) groups excluding carboxylic acids is 1. The van der Waals surface area contributed by atoms with E-state index in [1.54, 1.807) is 24.3 Å². The zero-order chi connectivity index (χ0) is 24.7. The van der Waals surface area contributed by atoms with Crippen LogP contribution in [0.5, 0.6) is 0 Å². The number of nitrogens with zero attached hydrogens (tertiary/aromatic N) is 2. The van der Waals surface area contributed by atoms with Crippen molar-refractivity contribution in [3.8, 4) is 0 Å². The predicted octanol–water partition coefficient (Wildman–Crippen LogP) is 4.07. The summed E-state index contributed by atoms with van der Waals surface area (Å²) in [4.78, 5) is 14.5. The fourth-order valence-corrected chi connectivity index (χ4v) is 4.62. The number of carbonyl (C=O) groups is 1. The first-order chi connectivity index (χ1) is 16.2. The van der Waals surface area contributed by atoms with E-state index in [0.29, 0.717) is 12.2 Å². The summed E-state index contributed by atoms with van der Waals surface area (Å²) in [6.07, 6.45) is 0. The molecule has 34 heavy (non-hydrogen) atoms. The fourth-order valence-electron chi connectivity index (χ4n) is 3.46. The number of rotatable bonds is 9. The average Bonchev–Trinajstić information content (AvgIpc) is 2.81. The van der Waals surface area contributed by atoms with Crippen molar-refractivity contribution in [2.45, 2.75) is 17.5 Å². The third kappa shape index (κ3) is 6.63. The highest BCUT2D eigenvalue weighted by Gasteiger charge is 2.21. The van der Waals surface area contributed by atoms with E-state index in [-0.39, 0.29) is 23.3 Å². The number of urea groups is 1. The van der Waals surface area contributed by atoms with Crippen LogP contribution >= 0.6 is 0 Å². The molecule has 0 radical (unpaired) electrons. The van der Waals surface area contributed by atoms with E-state index in [9.17, 15) is 17.6 Å². The molecule has 180 valence electrons. The zero-order valence-corrected chi connectivity index (χ0v) is 20.2. The Hall–Kier alpha value is -3.27. The summed E-state index contributed by atoms with van der Waals surface area (Å²) in [6.45, 7) is 0.563. The van der Waals surface area contributed by atoms with Gasteiger partial charge in [-0.1, -0.05) is 42.5 Å². The van der Waals surface area contributed by atoms with Crippen LogP contribution in [0.25, 0.3) is 0 Å². The quantitative estimate of drug-likeness (QED) is 0.480. The Labute approximate surface area is 200 Å². The molecule has 2 N–H and O–H groups in total. The number of sulfonamides is 1. The molecule has 0 fully saturated rings. The van der Waals surface area contributed by atoms with E-state index in [0.717, 1.165) is 11.1 Å². The maximum absolute atomic E-state index is 13.2. The molecule has 0 heterocycles. The number of halogens is 1. The molecule has 1 unspecified atom stereocenters. The Kier molecular flexibility index (Phi) is 8.38. The Bertz CT molecular complexity index is 1190. The van der Waals surface area contributed by atoms with Crippen LogP contribution in [0.2, 0.25) is 0 Å². The van der Waals surface area contributed by atoms with E-state index >= 15 is 0 Å². The second-order valence-corrected chi connectivity index (χ2v) is 10.2. The van der Waals surface area contributed by atoms with Crippen LogP contribution in [0, 0.1) is 5.82 Å². The molecular weight excluding hydrogens is 455 g/mol. The van der Waals surface area contributed by atoms with E-state index in [1.807, 2.05) is 49.3 Å². The van der Waals surface area contributed by atoms with Crippen molar-refractivity contribution in [1.82, 2.24) is 14.5 Å². The maximum Gasteiger partial charge on any atom is 0.319 e. The number of benzene rings is 3. The number of anilines is 1. The number of amides is 2. The van der Waals surface area contributed by atoms with Crippen molar-refractivity contribution in [3.05, 3.63) is 95.8 Å². The van der Waals surface area contributed by atoms with Crippen LogP contribution in [0.1, 0.15) is 17.2 Å². The van der Waals surface area contributed by atoms with Crippen molar-refractivity contribution < 1.29 is 17.6 Å². The molecule has 3 aromatic carbocycles. The van der Waals surface area contributed by atoms with Gasteiger partial charge in [0.25, 0.3) is 0 Å². The van der Waals surface area contributed by atoms with Crippen molar-refractivity contribution in [2.75, 3.05) is 33.0 Å². The molecule has 9 heteroatoms. The number of likely N-dealkylation sites (N-methyl/N-ethyl adjacent to an activating group) is 1. The van der Waals surface area contributed by atoms with Gasteiger partial charge in [0.05, 0.1) is 10.9 Å². The minimum atomic E-state index is -3.67. The standard InChI is InChI=1S/C25H29FN4O3S/c1-29(2)24(20-9-11-21(26)12-10-20)17-27-25(31)28-22-13-15-23(16-14-22)34(32,33)30(3)18-19-7-5-4-6-8-19/h4-16,24H,17-18H2,1-3H3,(H2,27,28,31). The monoisotopic (exact) mass is 484 g/mol. The summed E-state index contributed by atoms with van der Waals surface area (Å²) in [7, 11) is 1.61. The van der Waals surface area contributed by atoms with Gasteiger partial charge in [0.1, 0.15) is 5.82 Å². The highest BCUT2D eigenvalue weighted by Crippen LogP contribution is 2.20. The van der Waals surface area contributed by atoms with Gasteiger partial charge < -0.3 is 15.5 Å². The summed E-state index contributed by atoms with van der Waals surface area (Å²) in [6, 6.07) is 21.0. The molecule has 1 atom stereocenters. The van der Waals surface area contributed by atoms with Crippen molar-refractivity contribution in [1.29, 1.82) is 0 Å². The molecule has 0 aliphatic carbocycles. The van der Waals surface area contributed by atoms with E-state index in [1.165, 1.54) is 35.6 Å². The lowest BCUT2D eigenvalue weighted by Gasteiger charge is -2.25. The Morgan fingerprint density at radius 2 is 1.53 bits per heavy atom. The van der Waals surface area contributed by atoms with Gasteiger partial charge in [-0.15, -0.1) is 0 Å². The largest absolute Gasteiger partial charge is 0.336 e. The minimum absolute atomic E-state index is 0.140. The van der Waals surface area contributed by atoms with Crippen LogP contribution < -0.4 is 10.6 Å². The predicted molar refractivity (Wildman–Crippen MR) is 131 cm³/mol. The second-order valence-electron chi connectivity index (χ2n) is 8.14. The molecule has 0 saturated heterocycles. The molecule has 0 spiro atoms. The topological polar surface area (TPSA) is 81.8 Å². The van der Waals surface area contributed by atoms with Crippen LogP contribution in [-0.4, -0.2) is 51.3 Å². The molecule has 2 amide bonds. The first kappa shape index (κ1) is 25.4. The van der Waals surface area contributed by atoms with Crippen molar-refractivity contribution >= 4 is 21.7 Å². The summed E-state index contributed by atoms with van der Waals surface area (Å²) in [5, 5.41) is 5.51. The van der Waals surface area contributed by atoms with E-state index in [4.69, 9.17) is 0 Å². The van der Waals surface area contributed by atoms with Crippen LogP contribution in [0.3, 0.4) is 0 Å². The lowest BCUT2D eigenvalue weighted by atomic mass is 10.1. The second kappa shape index (κ2) is 11.2. The van der Waals surface area contributed by atoms with Gasteiger partial charge in [-0.25, -0.2) is 17.6 Å². The van der Waals surface area contributed by atoms with E-state index in [2.05, 4.69) is 10.6 Å². The first-order valence-corrected chi connectivity index (χ1v) is 12.2. The van der Waals surface area contributed by atoms with E-state index < -0.39 is 16.1 Å². The fraction of sp³-hybridized carbons (Fsp3) is 0.240. The number of hydrogen-bond acceptors (Lipinski definition) is 4. The average molecular weight is 485 g/mol. The molecule has 0 aliphatic rings. The Morgan fingerprint density at radius 3 is 2.12 bits per heavy atom. The summed E-state index contributed by atoms with van der Waals surface area (Å²) in [5.41, 5.74) is 2.23. The highest BCUT2D eigenvalue weighted by atomic mass is 32.2. The highest BCUT2D eigenvalue weighted by molar-refractivity contribution is 7.89. The summed E-state index contributed by atoms with van der Waals surface area (Å²) >= 11 is 0. The van der Waals surface area contributed by atoms with Crippen LogP contribution in [0.15, 0.2) is 83.8 Å². The van der Waals surface area contributed by atoms with Gasteiger partial charge in [-0.2, -0.15) is 4.31 Å². The molecule has 0 bridgehead atoms. The van der Waals surface area contributed by atoms with Gasteiger partial charge in [-0.3, -0.25) is 0 Å². The number of nitrogens with one attached hydrogen (secondary N) is 2. The molecule has 3 aromatic rings. The lowest BCUT2D eigenvalue weighted by molar-refractivity contribution is 0.243. The number of hydrogen-bond donors (Lipinski definition) is 2. The first-order valence-electron chi connectivity index (χ1n) is 10.7. The Balaban J connectivity index is 1.59. The Morgan fingerprint density at radius 1 is 0.912 bits per heavy atom. The van der Waals surface area contributed by atoms with Gasteiger partial charge in [-0.05, 0) is 61.6 Å². The molecule has 0 aromatic heterocycles. The lowest BCUT2D eigenvalue weighted by Crippen LogP contribution is -2.36. The molecule has 0 saturated carbocycles. The van der Waals surface area contributed by atoms with Gasteiger partial charge in [0, 0.05) is 25.8 Å². The molecular formula is C25H29FN4O3S. The minimum Gasteiger partial charge on any atom is -0.336 e. The summed E-state index contributed by atoms with van der Waals surface area (Å²) in [5.74, 6) is -0.316. The summed E-state index contributed by atoms with van der Waals surface area (Å²) < 4.78 is 40.2. The third-order valence-electron chi connectivity index (χ3n) is 5.40. The molecule has 0 aliphatic heterocycles. The zero-order valence-electron chi connectivity index (χ0n) is 19.4. The SMILES string of the molecule is CN(C)C(CNC(=O)Nc1ccc(S(=O)(=O)N(C)Cc2ccccc2)cc1)c1ccc(F)cc1. The normalized spacial score (nSPS) is 12.5. The van der Waals surface area contributed by atoms with Crippen molar-refractivity contribution in [2.24, 2.45) is 0 Å². The van der Waals surface area contributed by atoms with Crippen LogP contribution in [0.4, 0.5) is 14.9 Å². The van der Waals surface area contributed by atoms with Gasteiger partial charge in [0.15, 0.2) is 0 Å². The maximum atomic E-state index is 13.2. The van der Waals surface area contributed by atoms with Gasteiger partial charge >= 0.3 is 6.03 Å². The van der Waals surface area contributed by atoms with Crippen LogP contribution in [-0.2, 0) is 16.6 Å². The molecule has 3 rings (SSSR count). The third-order valence-corrected chi connectivity index (χ3v) is 7.22. The smallest absolute Gasteiger partial charge is 0.319 e. The van der Waals surface area contributed by atoms with Crippen molar-refractivity contribution in [3.63, 3.8) is 0 Å².